The minimum Gasteiger partial charge on any atom is -0.482 e. The lowest BCUT2D eigenvalue weighted by molar-refractivity contribution is -0.121. The van der Waals surface area contributed by atoms with E-state index in [0.29, 0.717) is 28.8 Å². The Balaban J connectivity index is 1.84. The van der Waals surface area contributed by atoms with E-state index in [2.05, 4.69) is 10.3 Å². The topological polar surface area (TPSA) is 118 Å². The van der Waals surface area contributed by atoms with Gasteiger partial charge in [0.25, 0.3) is 11.8 Å². The molecule has 1 aliphatic carbocycles. The fourth-order valence-electron chi connectivity index (χ4n) is 5.64. The fourth-order valence-corrected chi connectivity index (χ4v) is 5.64. The summed E-state index contributed by atoms with van der Waals surface area (Å²) < 4.78 is 26.9. The highest BCUT2D eigenvalue weighted by atomic mass is 19.1. The molecule has 4 rings (SSSR count). The summed E-state index contributed by atoms with van der Waals surface area (Å²) in [6.45, 7) is 9.52. The average Bonchev–Trinajstić information content (AvgIpc) is 3.15. The number of ether oxygens (including phenoxy) is 2. The molecule has 1 aromatic carbocycles. The Morgan fingerprint density at radius 1 is 1.28 bits per heavy atom. The van der Waals surface area contributed by atoms with Crippen LogP contribution in [-0.2, 0) is 34.3 Å². The quantitative estimate of drug-likeness (QED) is 0.475. The molecule has 0 fully saturated rings. The van der Waals surface area contributed by atoms with E-state index in [1.807, 2.05) is 34.6 Å². The number of pyridine rings is 1. The van der Waals surface area contributed by atoms with E-state index < -0.39 is 29.5 Å². The molecule has 0 radical (unpaired) electrons. The van der Waals surface area contributed by atoms with Crippen LogP contribution >= 0.6 is 0 Å². The molecule has 9 nitrogen and oxygen atoms in total. The number of halogens is 1. The van der Waals surface area contributed by atoms with Crippen molar-refractivity contribution >= 4 is 24.0 Å². The van der Waals surface area contributed by atoms with Gasteiger partial charge in [-0.15, -0.1) is 0 Å². The van der Waals surface area contributed by atoms with Crippen LogP contribution < -0.4 is 14.8 Å². The maximum absolute atomic E-state index is 15.2. The summed E-state index contributed by atoms with van der Waals surface area (Å²) in [5.74, 6) is -0.573. The number of methoxy groups -OCH3 is 1. The third-order valence-electron chi connectivity index (χ3n) is 7.26. The zero-order chi connectivity index (χ0) is 28.7. The number of carbonyl (C=O) groups is 3. The Hall–Kier alpha value is -3.69. The lowest BCUT2D eigenvalue weighted by atomic mass is 9.86. The normalized spacial score (nSPS) is 17.7. The predicted molar refractivity (Wildman–Crippen MR) is 143 cm³/mol. The van der Waals surface area contributed by atoms with Gasteiger partial charge in [-0.25, -0.2) is 14.2 Å². The van der Waals surface area contributed by atoms with E-state index in [-0.39, 0.29) is 48.5 Å². The Bertz CT molecular complexity index is 1320. The summed E-state index contributed by atoms with van der Waals surface area (Å²) in [5, 5.41) is 12.8. The number of carbonyl (C=O) groups excluding carboxylic acids is 2. The van der Waals surface area contributed by atoms with Gasteiger partial charge in [-0.05, 0) is 68.7 Å². The molecule has 1 aliphatic heterocycles. The number of aryl methyl sites for hydroxylation is 1. The summed E-state index contributed by atoms with van der Waals surface area (Å²) in [4.78, 5) is 43.2. The zero-order valence-electron chi connectivity index (χ0n) is 23.3. The number of aldehydes is 1. The third kappa shape index (κ3) is 5.55. The minimum absolute atomic E-state index is 0.0237. The molecule has 2 aliphatic rings. The number of benzene rings is 1. The Kier molecular flexibility index (Phi) is 7.60. The van der Waals surface area contributed by atoms with E-state index in [1.54, 1.807) is 6.07 Å². The van der Waals surface area contributed by atoms with Gasteiger partial charge in [0.1, 0.15) is 23.7 Å². The highest BCUT2D eigenvalue weighted by molar-refractivity contribution is 5.98. The summed E-state index contributed by atoms with van der Waals surface area (Å²) in [6, 6.07) is 1.75. The number of hydrogen-bond acceptors (Lipinski definition) is 6. The summed E-state index contributed by atoms with van der Waals surface area (Å²) in [5.41, 5.74) is 2.11. The number of carboxylic acid groups (broad SMARTS) is 1. The SMILES string of the molecule is COc1nc2c(c(CCC=O)c1OC(C)(C)C)[C@H](C(=O)Nc1cc(F)c3c(c1)CCC3(C)C)N(C(=O)O)CC2. The molecule has 2 heterocycles. The number of fused-ring (bicyclic) bond motifs is 2. The second-order valence-corrected chi connectivity index (χ2v) is 11.7. The third-order valence-corrected chi connectivity index (χ3v) is 7.26. The van der Waals surface area contributed by atoms with Crippen molar-refractivity contribution in [1.29, 1.82) is 0 Å². The van der Waals surface area contributed by atoms with E-state index >= 15 is 4.39 Å². The molecule has 0 saturated carbocycles. The van der Waals surface area contributed by atoms with Crippen molar-refractivity contribution in [2.75, 3.05) is 19.0 Å². The van der Waals surface area contributed by atoms with E-state index in [0.717, 1.165) is 23.2 Å². The lowest BCUT2D eigenvalue weighted by Crippen LogP contribution is -2.45. The largest absolute Gasteiger partial charge is 0.482 e. The molecule has 0 bridgehead atoms. The van der Waals surface area contributed by atoms with Gasteiger partial charge in [0.2, 0.25) is 0 Å². The lowest BCUT2D eigenvalue weighted by Gasteiger charge is -2.36. The minimum atomic E-state index is -1.29. The number of anilines is 1. The Morgan fingerprint density at radius 2 is 2.00 bits per heavy atom. The standard InChI is InChI=1S/C29H36FN3O6/c1-28(2,3)39-24-18(8-7-13-34)21-20(32-26(24)38-6)10-12-33(27(36)37)23(21)25(35)31-17-14-16-9-11-29(4,5)22(16)19(30)15-17/h13-15,23H,7-12H2,1-6H3,(H,31,35)(H,36,37)/t23-/m1/s1. The molecule has 0 unspecified atom stereocenters. The van der Waals surface area contributed by atoms with Gasteiger partial charge in [-0.1, -0.05) is 13.8 Å². The fraction of sp³-hybridized carbons (Fsp3) is 0.517. The molecule has 210 valence electrons. The Labute approximate surface area is 227 Å². The second kappa shape index (κ2) is 10.5. The highest BCUT2D eigenvalue weighted by Crippen LogP contribution is 2.44. The first kappa shape index (κ1) is 28.3. The number of rotatable bonds is 7. The first-order valence-corrected chi connectivity index (χ1v) is 13.1. The van der Waals surface area contributed by atoms with Crippen molar-refractivity contribution < 1.29 is 33.4 Å². The Morgan fingerprint density at radius 3 is 2.62 bits per heavy atom. The van der Waals surface area contributed by atoms with E-state index in [4.69, 9.17) is 9.47 Å². The number of nitrogens with zero attached hydrogens (tertiary/aromatic N) is 2. The van der Waals surface area contributed by atoms with Crippen molar-refractivity contribution in [3.05, 3.63) is 45.9 Å². The maximum atomic E-state index is 15.2. The number of amides is 2. The zero-order valence-corrected chi connectivity index (χ0v) is 23.3. The van der Waals surface area contributed by atoms with Crippen molar-refractivity contribution in [1.82, 2.24) is 9.88 Å². The van der Waals surface area contributed by atoms with Gasteiger partial charge in [0, 0.05) is 36.2 Å². The molecule has 1 atom stereocenters. The number of aromatic nitrogens is 1. The molecule has 2 N–H and O–H groups in total. The van der Waals surface area contributed by atoms with Gasteiger partial charge >= 0.3 is 6.09 Å². The number of nitrogens with one attached hydrogen (secondary N) is 1. The smallest absolute Gasteiger partial charge is 0.408 e. The van der Waals surface area contributed by atoms with Crippen LogP contribution in [-0.4, -0.2) is 52.5 Å². The van der Waals surface area contributed by atoms with Gasteiger partial charge < -0.3 is 24.7 Å². The summed E-state index contributed by atoms with van der Waals surface area (Å²) in [6.07, 6.45) is 1.50. The average molecular weight is 542 g/mol. The van der Waals surface area contributed by atoms with Gasteiger partial charge in [0.15, 0.2) is 5.75 Å². The van der Waals surface area contributed by atoms with Gasteiger partial charge in [-0.2, -0.15) is 0 Å². The molecule has 39 heavy (non-hydrogen) atoms. The first-order valence-electron chi connectivity index (χ1n) is 13.1. The molecule has 10 heteroatoms. The maximum Gasteiger partial charge on any atom is 0.408 e. The van der Waals surface area contributed by atoms with Crippen LogP contribution in [0.1, 0.15) is 81.4 Å². The monoisotopic (exact) mass is 541 g/mol. The van der Waals surface area contributed by atoms with Crippen LogP contribution in [0.3, 0.4) is 0 Å². The highest BCUT2D eigenvalue weighted by Gasteiger charge is 2.41. The van der Waals surface area contributed by atoms with Crippen molar-refractivity contribution in [2.45, 2.75) is 83.8 Å². The molecule has 0 spiro atoms. The van der Waals surface area contributed by atoms with Crippen molar-refractivity contribution in [2.24, 2.45) is 0 Å². The summed E-state index contributed by atoms with van der Waals surface area (Å²) in [7, 11) is 1.45. The van der Waals surface area contributed by atoms with Crippen molar-refractivity contribution in [3.8, 4) is 11.6 Å². The van der Waals surface area contributed by atoms with Crippen LogP contribution in [0.4, 0.5) is 14.9 Å². The molecule has 2 aromatic rings. The van der Waals surface area contributed by atoms with Crippen LogP contribution in [0.5, 0.6) is 11.6 Å². The molecule has 1 aromatic heterocycles. The molecule has 2 amide bonds. The number of hydrogen-bond donors (Lipinski definition) is 2. The van der Waals surface area contributed by atoms with Gasteiger partial charge in [-0.3, -0.25) is 9.69 Å². The van der Waals surface area contributed by atoms with Crippen LogP contribution in [0.25, 0.3) is 0 Å². The second-order valence-electron chi connectivity index (χ2n) is 11.7. The van der Waals surface area contributed by atoms with Gasteiger partial charge in [0.05, 0.1) is 12.8 Å². The first-order chi connectivity index (χ1) is 18.3. The molecular formula is C29H36FN3O6. The van der Waals surface area contributed by atoms with Crippen LogP contribution in [0.15, 0.2) is 12.1 Å². The molecule has 0 saturated heterocycles. The van der Waals surface area contributed by atoms with E-state index in [9.17, 15) is 19.5 Å². The molecular weight excluding hydrogens is 505 g/mol. The predicted octanol–water partition coefficient (Wildman–Crippen LogP) is 4.98. The van der Waals surface area contributed by atoms with Crippen molar-refractivity contribution in [3.63, 3.8) is 0 Å². The summed E-state index contributed by atoms with van der Waals surface area (Å²) >= 11 is 0. The van der Waals surface area contributed by atoms with E-state index in [1.165, 1.54) is 13.2 Å². The van der Waals surface area contributed by atoms with Crippen LogP contribution in [0.2, 0.25) is 0 Å². The van der Waals surface area contributed by atoms with Crippen LogP contribution in [0, 0.1) is 5.82 Å².